The summed E-state index contributed by atoms with van der Waals surface area (Å²) in [5.41, 5.74) is 9.65. The van der Waals surface area contributed by atoms with E-state index in [4.69, 9.17) is 10.9 Å². The molecule has 1 aromatic rings. The number of amides is 3. The standard InChI is InChI=1S/C21H26N4O4/c22-18(26)15-3-1-2-14(10-15)13-4-8-25(9-5-13)20(28)17-16(19(27)24-29)11-21(6-7-21)12-23-17/h1-4,10,16-17,23,29H,5-9,11-12H2,(H2,22,26)(H,24,27)/t16-,17-/m0/s1. The average Bonchev–Trinajstić information content (AvgIpc) is 3.51. The summed E-state index contributed by atoms with van der Waals surface area (Å²) in [6.07, 6.45) is 5.36. The summed E-state index contributed by atoms with van der Waals surface area (Å²) in [5, 5.41) is 12.4. The molecular weight excluding hydrogens is 372 g/mol. The van der Waals surface area contributed by atoms with E-state index in [1.165, 1.54) is 0 Å². The number of rotatable bonds is 4. The second-order valence-electron chi connectivity index (χ2n) is 8.35. The van der Waals surface area contributed by atoms with Gasteiger partial charge in [-0.2, -0.15) is 0 Å². The van der Waals surface area contributed by atoms with Crippen LogP contribution < -0.4 is 16.5 Å². The highest BCUT2D eigenvalue weighted by atomic mass is 16.5. The first-order valence-electron chi connectivity index (χ1n) is 9.98. The minimum Gasteiger partial charge on any atom is -0.366 e. The third-order valence-corrected chi connectivity index (χ3v) is 6.46. The van der Waals surface area contributed by atoms with Crippen LogP contribution >= 0.6 is 0 Å². The average molecular weight is 398 g/mol. The maximum atomic E-state index is 13.1. The first-order valence-corrected chi connectivity index (χ1v) is 9.98. The molecule has 1 aromatic carbocycles. The Morgan fingerprint density at radius 2 is 2.07 bits per heavy atom. The Morgan fingerprint density at radius 3 is 2.69 bits per heavy atom. The van der Waals surface area contributed by atoms with Crippen molar-refractivity contribution in [2.24, 2.45) is 17.1 Å². The maximum Gasteiger partial charge on any atom is 0.248 e. The first-order chi connectivity index (χ1) is 13.9. The fraction of sp³-hybridized carbons (Fsp3) is 0.476. The molecule has 4 rings (SSSR count). The largest absolute Gasteiger partial charge is 0.366 e. The highest BCUT2D eigenvalue weighted by Gasteiger charge is 2.52. The Morgan fingerprint density at radius 1 is 1.28 bits per heavy atom. The van der Waals surface area contributed by atoms with Crippen molar-refractivity contribution in [2.75, 3.05) is 19.6 Å². The molecule has 8 heteroatoms. The molecule has 8 nitrogen and oxygen atoms in total. The van der Waals surface area contributed by atoms with Gasteiger partial charge in [0.25, 0.3) is 0 Å². The molecule has 3 amide bonds. The van der Waals surface area contributed by atoms with Crippen LogP contribution in [0.3, 0.4) is 0 Å². The summed E-state index contributed by atoms with van der Waals surface area (Å²) in [4.78, 5) is 38.4. The van der Waals surface area contributed by atoms with Crippen LogP contribution in [-0.4, -0.2) is 53.5 Å². The summed E-state index contributed by atoms with van der Waals surface area (Å²) in [7, 11) is 0. The number of nitrogens with two attached hydrogens (primary N) is 1. The Balaban J connectivity index is 1.46. The van der Waals surface area contributed by atoms with Gasteiger partial charge in [-0.05, 0) is 54.4 Å². The molecule has 5 N–H and O–H groups in total. The zero-order valence-electron chi connectivity index (χ0n) is 16.2. The number of carbonyl (C=O) groups excluding carboxylic acids is 3. The Hall–Kier alpha value is -2.71. The molecule has 1 spiro atoms. The van der Waals surface area contributed by atoms with Gasteiger partial charge >= 0.3 is 0 Å². The van der Waals surface area contributed by atoms with E-state index in [0.717, 1.165) is 30.5 Å². The lowest BCUT2D eigenvalue weighted by atomic mass is 9.81. The summed E-state index contributed by atoms with van der Waals surface area (Å²) in [5.74, 6) is -1.65. The molecule has 3 aliphatic rings. The third-order valence-electron chi connectivity index (χ3n) is 6.46. The van der Waals surface area contributed by atoms with Crippen LogP contribution in [0.15, 0.2) is 30.3 Å². The van der Waals surface area contributed by atoms with Crippen LogP contribution in [0, 0.1) is 11.3 Å². The van der Waals surface area contributed by atoms with Crippen LogP contribution in [0.5, 0.6) is 0 Å². The molecule has 29 heavy (non-hydrogen) atoms. The number of nitrogens with zero attached hydrogens (tertiary/aromatic N) is 1. The minimum atomic E-state index is -0.624. The van der Waals surface area contributed by atoms with E-state index in [-0.39, 0.29) is 11.3 Å². The van der Waals surface area contributed by atoms with Crippen LogP contribution in [-0.2, 0) is 9.59 Å². The van der Waals surface area contributed by atoms with Crippen LogP contribution in [0.2, 0.25) is 0 Å². The Kier molecular flexibility index (Phi) is 5.14. The van der Waals surface area contributed by atoms with Crippen molar-refractivity contribution < 1.29 is 19.6 Å². The van der Waals surface area contributed by atoms with Gasteiger partial charge in [-0.1, -0.05) is 18.2 Å². The number of piperidine rings is 1. The summed E-state index contributed by atoms with van der Waals surface area (Å²) < 4.78 is 0. The number of nitrogens with one attached hydrogen (secondary N) is 2. The number of benzene rings is 1. The van der Waals surface area contributed by atoms with Crippen molar-refractivity contribution in [3.8, 4) is 0 Å². The Labute approximate surface area is 169 Å². The molecule has 1 saturated heterocycles. The van der Waals surface area contributed by atoms with Gasteiger partial charge < -0.3 is 16.0 Å². The van der Waals surface area contributed by atoms with Gasteiger partial charge in [0, 0.05) is 25.2 Å². The van der Waals surface area contributed by atoms with E-state index in [1.54, 1.807) is 28.6 Å². The molecule has 154 valence electrons. The zero-order chi connectivity index (χ0) is 20.6. The molecule has 0 radical (unpaired) electrons. The lowest BCUT2D eigenvalue weighted by Crippen LogP contribution is -2.59. The Bertz CT molecular complexity index is 877. The molecule has 0 bridgehead atoms. The predicted molar refractivity (Wildman–Crippen MR) is 106 cm³/mol. The SMILES string of the molecule is NC(=O)c1cccc(C2=CCN(C(=O)[C@H]3NCC4(CC4)C[C@@H]3C(=O)NO)CC2)c1. The predicted octanol–water partition coefficient (Wildman–Crippen LogP) is 0.665. The highest BCUT2D eigenvalue weighted by molar-refractivity contribution is 5.94. The smallest absolute Gasteiger partial charge is 0.248 e. The second-order valence-corrected chi connectivity index (χ2v) is 8.35. The number of hydrogen-bond acceptors (Lipinski definition) is 5. The third kappa shape index (κ3) is 3.90. The first kappa shape index (κ1) is 19.6. The topological polar surface area (TPSA) is 125 Å². The molecular formula is C21H26N4O4. The lowest BCUT2D eigenvalue weighted by molar-refractivity contribution is -0.144. The summed E-state index contributed by atoms with van der Waals surface area (Å²) in [6, 6.07) is 6.55. The number of hydroxylamine groups is 1. The van der Waals surface area contributed by atoms with E-state index in [1.807, 2.05) is 12.1 Å². The van der Waals surface area contributed by atoms with Crippen LogP contribution in [0.25, 0.3) is 5.57 Å². The summed E-state index contributed by atoms with van der Waals surface area (Å²) >= 11 is 0. The second kappa shape index (κ2) is 7.61. The van der Waals surface area contributed by atoms with Gasteiger partial charge in [-0.25, -0.2) is 5.48 Å². The van der Waals surface area contributed by atoms with Crippen molar-refractivity contribution in [1.29, 1.82) is 0 Å². The molecule has 1 saturated carbocycles. The van der Waals surface area contributed by atoms with Gasteiger partial charge in [0.15, 0.2) is 0 Å². The molecule has 2 aliphatic heterocycles. The van der Waals surface area contributed by atoms with E-state index in [9.17, 15) is 14.4 Å². The maximum absolute atomic E-state index is 13.1. The minimum absolute atomic E-state index is 0.106. The number of hydrogen-bond donors (Lipinski definition) is 4. The van der Waals surface area contributed by atoms with Crippen molar-refractivity contribution in [1.82, 2.24) is 15.7 Å². The molecule has 1 aliphatic carbocycles. The zero-order valence-corrected chi connectivity index (χ0v) is 16.2. The van der Waals surface area contributed by atoms with Crippen molar-refractivity contribution in [2.45, 2.75) is 31.7 Å². The molecule has 2 fully saturated rings. The molecule has 0 aromatic heterocycles. The van der Waals surface area contributed by atoms with E-state index in [0.29, 0.717) is 31.5 Å². The molecule has 2 atom stereocenters. The van der Waals surface area contributed by atoms with Crippen molar-refractivity contribution in [3.05, 3.63) is 41.5 Å². The molecule has 2 heterocycles. The van der Waals surface area contributed by atoms with Gasteiger partial charge in [-0.15, -0.1) is 0 Å². The molecule has 0 unspecified atom stereocenters. The quantitative estimate of drug-likeness (QED) is 0.438. The summed E-state index contributed by atoms with van der Waals surface area (Å²) in [6.45, 7) is 1.70. The monoisotopic (exact) mass is 398 g/mol. The highest BCUT2D eigenvalue weighted by Crippen LogP contribution is 2.52. The number of carbonyl (C=O) groups is 3. The van der Waals surface area contributed by atoms with Crippen LogP contribution in [0.1, 0.15) is 41.6 Å². The van der Waals surface area contributed by atoms with Gasteiger partial charge in [-0.3, -0.25) is 19.6 Å². The van der Waals surface area contributed by atoms with E-state index < -0.39 is 23.8 Å². The van der Waals surface area contributed by atoms with E-state index in [2.05, 4.69) is 5.32 Å². The van der Waals surface area contributed by atoms with Crippen molar-refractivity contribution in [3.63, 3.8) is 0 Å². The fourth-order valence-corrected chi connectivity index (χ4v) is 4.47. The normalized spacial score (nSPS) is 25.3. The van der Waals surface area contributed by atoms with Gasteiger partial charge in [0.1, 0.15) is 0 Å². The van der Waals surface area contributed by atoms with Crippen molar-refractivity contribution >= 4 is 23.3 Å². The number of primary amides is 1. The van der Waals surface area contributed by atoms with Gasteiger partial charge in [0.05, 0.1) is 12.0 Å². The van der Waals surface area contributed by atoms with Crippen LogP contribution in [0.4, 0.5) is 0 Å². The van der Waals surface area contributed by atoms with E-state index >= 15 is 0 Å². The fourth-order valence-electron chi connectivity index (χ4n) is 4.47. The lowest BCUT2D eigenvalue weighted by Gasteiger charge is -2.38. The van der Waals surface area contributed by atoms with Gasteiger partial charge in [0.2, 0.25) is 17.7 Å².